The molecule has 0 saturated carbocycles. The Morgan fingerprint density at radius 2 is 2.11 bits per heavy atom. The number of aromatic hydroxyl groups is 1. The number of hydrogen-bond donors (Lipinski definition) is 2. The number of anilines is 1. The predicted octanol–water partition coefficient (Wildman–Crippen LogP) is 3.73. The fraction of sp³-hybridized carbons (Fsp3) is 0.143. The maximum Gasteiger partial charge on any atom is 0.128 e. The molecule has 0 aliphatic carbocycles. The van der Waals surface area contributed by atoms with Gasteiger partial charge in [0.25, 0.3) is 0 Å². The lowest BCUT2D eigenvalue weighted by atomic mass is 10.1. The van der Waals surface area contributed by atoms with E-state index in [1.54, 1.807) is 24.3 Å². The zero-order valence-corrected chi connectivity index (χ0v) is 10.6. The van der Waals surface area contributed by atoms with E-state index in [0.717, 1.165) is 5.56 Å². The molecule has 5 heteroatoms. The van der Waals surface area contributed by atoms with E-state index in [0.29, 0.717) is 23.1 Å². The molecule has 2 N–H and O–H groups in total. The van der Waals surface area contributed by atoms with Crippen LogP contribution in [0.5, 0.6) is 11.5 Å². The quantitative estimate of drug-likeness (QED) is 0.880. The Labute approximate surface area is 114 Å². The van der Waals surface area contributed by atoms with Crippen LogP contribution in [0, 0.1) is 5.82 Å². The molecule has 1 unspecified atom stereocenters. The highest BCUT2D eigenvalue weighted by Crippen LogP contribution is 2.37. The molecule has 1 aliphatic rings. The Morgan fingerprint density at radius 1 is 1.26 bits per heavy atom. The van der Waals surface area contributed by atoms with E-state index in [-0.39, 0.29) is 17.6 Å². The molecule has 0 amide bonds. The van der Waals surface area contributed by atoms with Gasteiger partial charge in [-0.1, -0.05) is 11.6 Å². The number of phenols is 1. The van der Waals surface area contributed by atoms with Crippen LogP contribution in [0.15, 0.2) is 36.4 Å². The van der Waals surface area contributed by atoms with Gasteiger partial charge in [-0.25, -0.2) is 4.39 Å². The van der Waals surface area contributed by atoms with Crippen molar-refractivity contribution in [2.24, 2.45) is 0 Å². The van der Waals surface area contributed by atoms with Crippen molar-refractivity contribution in [1.29, 1.82) is 0 Å². The third kappa shape index (κ3) is 2.31. The number of hydrogen-bond acceptors (Lipinski definition) is 3. The van der Waals surface area contributed by atoms with Crippen LogP contribution in [0.3, 0.4) is 0 Å². The maximum atomic E-state index is 13.0. The van der Waals surface area contributed by atoms with Gasteiger partial charge in [0.05, 0.1) is 16.8 Å². The molecule has 0 aromatic heterocycles. The van der Waals surface area contributed by atoms with Gasteiger partial charge in [-0.05, 0) is 30.3 Å². The van der Waals surface area contributed by atoms with Gasteiger partial charge >= 0.3 is 0 Å². The second-order valence-electron chi connectivity index (χ2n) is 4.35. The Morgan fingerprint density at radius 3 is 2.89 bits per heavy atom. The van der Waals surface area contributed by atoms with E-state index >= 15 is 0 Å². The molecule has 0 radical (unpaired) electrons. The van der Waals surface area contributed by atoms with Crippen molar-refractivity contribution in [2.45, 2.75) is 6.04 Å². The average molecular weight is 280 g/mol. The van der Waals surface area contributed by atoms with E-state index in [2.05, 4.69) is 5.32 Å². The molecule has 0 bridgehead atoms. The molecular formula is C14H11ClFNO2. The first-order valence-corrected chi connectivity index (χ1v) is 6.18. The Bertz CT molecular complexity index is 633. The minimum Gasteiger partial charge on any atom is -0.508 e. The highest BCUT2D eigenvalue weighted by molar-refractivity contribution is 6.33. The third-order valence-corrected chi connectivity index (χ3v) is 3.35. The van der Waals surface area contributed by atoms with Crippen molar-refractivity contribution in [3.8, 4) is 11.5 Å². The van der Waals surface area contributed by atoms with Gasteiger partial charge in [-0.2, -0.15) is 0 Å². The number of nitrogens with one attached hydrogen (secondary N) is 1. The summed E-state index contributed by atoms with van der Waals surface area (Å²) >= 11 is 5.98. The summed E-state index contributed by atoms with van der Waals surface area (Å²) in [7, 11) is 0. The number of ether oxygens (including phenoxy) is 1. The molecule has 0 fully saturated rings. The first kappa shape index (κ1) is 12.1. The van der Waals surface area contributed by atoms with E-state index in [9.17, 15) is 9.50 Å². The van der Waals surface area contributed by atoms with Crippen molar-refractivity contribution >= 4 is 17.3 Å². The summed E-state index contributed by atoms with van der Waals surface area (Å²) in [5.74, 6) is 0.443. The number of phenolic OH excluding ortho intramolecular Hbond substituents is 1. The van der Waals surface area contributed by atoms with Crippen LogP contribution in [0.4, 0.5) is 10.1 Å². The zero-order valence-electron chi connectivity index (χ0n) is 9.86. The van der Waals surface area contributed by atoms with Gasteiger partial charge in [0.2, 0.25) is 0 Å². The van der Waals surface area contributed by atoms with Crippen LogP contribution in [-0.2, 0) is 0 Å². The van der Waals surface area contributed by atoms with Gasteiger partial charge in [-0.3, -0.25) is 0 Å². The van der Waals surface area contributed by atoms with Crippen molar-refractivity contribution in [1.82, 2.24) is 0 Å². The first-order valence-electron chi connectivity index (χ1n) is 5.81. The van der Waals surface area contributed by atoms with Crippen LogP contribution in [0.25, 0.3) is 0 Å². The lowest BCUT2D eigenvalue weighted by Gasteiger charge is -2.14. The Hall–Kier alpha value is -1.94. The minimum atomic E-state index is -0.372. The van der Waals surface area contributed by atoms with Crippen molar-refractivity contribution in [2.75, 3.05) is 11.9 Å². The molecule has 0 saturated heterocycles. The van der Waals surface area contributed by atoms with Gasteiger partial charge in [0, 0.05) is 11.6 Å². The summed E-state index contributed by atoms with van der Waals surface area (Å²) in [6.07, 6.45) is 0. The molecule has 1 aliphatic heterocycles. The minimum absolute atomic E-state index is 0.0708. The Balaban J connectivity index is 1.86. The summed E-state index contributed by atoms with van der Waals surface area (Å²) in [6, 6.07) is 9.11. The topological polar surface area (TPSA) is 41.5 Å². The third-order valence-electron chi connectivity index (χ3n) is 3.04. The van der Waals surface area contributed by atoms with Gasteiger partial charge < -0.3 is 15.2 Å². The van der Waals surface area contributed by atoms with Crippen LogP contribution in [0.2, 0.25) is 5.02 Å². The van der Waals surface area contributed by atoms with Crippen molar-refractivity contribution in [3.05, 3.63) is 52.8 Å². The van der Waals surface area contributed by atoms with Crippen LogP contribution in [0.1, 0.15) is 11.6 Å². The van der Waals surface area contributed by atoms with Gasteiger partial charge in [0.15, 0.2) is 0 Å². The smallest absolute Gasteiger partial charge is 0.128 e. The molecule has 2 aromatic carbocycles. The standard InChI is InChI=1S/C14H11ClFNO2/c15-11-5-8(16)1-4-12(11)17-13-7-19-14-6-9(18)2-3-10(13)14/h1-6,13,17-18H,7H2. The molecule has 1 heterocycles. The second kappa shape index (κ2) is 4.63. The van der Waals surface area contributed by atoms with Gasteiger partial charge in [0.1, 0.15) is 23.9 Å². The highest BCUT2D eigenvalue weighted by Gasteiger charge is 2.24. The van der Waals surface area contributed by atoms with Crippen molar-refractivity contribution in [3.63, 3.8) is 0 Å². The molecule has 19 heavy (non-hydrogen) atoms. The van der Waals surface area contributed by atoms with Crippen molar-refractivity contribution < 1.29 is 14.2 Å². The highest BCUT2D eigenvalue weighted by atomic mass is 35.5. The number of rotatable bonds is 2. The molecule has 0 spiro atoms. The normalized spacial score (nSPS) is 16.8. The fourth-order valence-corrected chi connectivity index (χ4v) is 2.33. The number of halogens is 2. The number of fused-ring (bicyclic) bond motifs is 1. The predicted molar refractivity (Wildman–Crippen MR) is 71.4 cm³/mol. The maximum absolute atomic E-state index is 13.0. The van der Waals surface area contributed by atoms with E-state index < -0.39 is 0 Å². The molecule has 3 nitrogen and oxygen atoms in total. The van der Waals surface area contributed by atoms with Crippen LogP contribution < -0.4 is 10.1 Å². The van der Waals surface area contributed by atoms with E-state index in [1.165, 1.54) is 12.1 Å². The monoisotopic (exact) mass is 279 g/mol. The molecule has 1 atom stereocenters. The van der Waals surface area contributed by atoms with E-state index in [4.69, 9.17) is 16.3 Å². The number of benzene rings is 2. The first-order chi connectivity index (χ1) is 9.13. The molecule has 3 rings (SSSR count). The van der Waals surface area contributed by atoms with Crippen LogP contribution in [-0.4, -0.2) is 11.7 Å². The molecule has 2 aromatic rings. The van der Waals surface area contributed by atoms with Crippen LogP contribution >= 0.6 is 11.6 Å². The molecule has 98 valence electrons. The van der Waals surface area contributed by atoms with Gasteiger partial charge in [-0.15, -0.1) is 0 Å². The average Bonchev–Trinajstić information content (AvgIpc) is 2.75. The summed E-state index contributed by atoms with van der Waals surface area (Å²) in [5.41, 5.74) is 1.59. The fourth-order valence-electron chi connectivity index (χ4n) is 2.11. The Kier molecular flexibility index (Phi) is 2.95. The molecular weight excluding hydrogens is 269 g/mol. The largest absolute Gasteiger partial charge is 0.508 e. The van der Waals surface area contributed by atoms with E-state index in [1.807, 2.05) is 0 Å². The second-order valence-corrected chi connectivity index (χ2v) is 4.76. The summed E-state index contributed by atoms with van der Waals surface area (Å²) in [6.45, 7) is 0.437. The summed E-state index contributed by atoms with van der Waals surface area (Å²) < 4.78 is 18.5. The zero-order chi connectivity index (χ0) is 13.4. The summed E-state index contributed by atoms with van der Waals surface area (Å²) in [5, 5.41) is 12.9. The summed E-state index contributed by atoms with van der Waals surface area (Å²) in [4.78, 5) is 0. The lowest BCUT2D eigenvalue weighted by molar-refractivity contribution is 0.338. The SMILES string of the molecule is Oc1ccc2c(c1)OCC2Nc1ccc(F)cc1Cl. The lowest BCUT2D eigenvalue weighted by Crippen LogP contribution is -2.12.